The summed E-state index contributed by atoms with van der Waals surface area (Å²) in [6.07, 6.45) is -1.99. The van der Waals surface area contributed by atoms with Crippen molar-refractivity contribution in [3.8, 4) is 0 Å². The van der Waals surface area contributed by atoms with Gasteiger partial charge in [-0.15, -0.1) is 24.0 Å². The van der Waals surface area contributed by atoms with Gasteiger partial charge in [-0.05, 0) is 26.9 Å². The molecule has 0 saturated carbocycles. The zero-order valence-corrected chi connectivity index (χ0v) is 18.7. The Morgan fingerprint density at radius 3 is 2.61 bits per heavy atom. The second-order valence-corrected chi connectivity index (χ2v) is 6.70. The van der Waals surface area contributed by atoms with Gasteiger partial charge in [-0.2, -0.15) is 13.2 Å². The van der Waals surface area contributed by atoms with E-state index in [-0.39, 0.29) is 24.0 Å². The molecule has 1 aromatic rings. The number of aromatic nitrogens is 1. The topological polar surface area (TPSA) is 60.1 Å². The van der Waals surface area contributed by atoms with Crippen LogP contribution in [0.4, 0.5) is 13.2 Å². The second-order valence-electron chi connectivity index (χ2n) is 6.70. The number of nitrogens with one attached hydrogen (secondary N) is 1. The molecule has 2 rings (SSSR count). The van der Waals surface area contributed by atoms with Crippen molar-refractivity contribution in [1.82, 2.24) is 25.2 Å². The molecule has 0 spiro atoms. The highest BCUT2D eigenvalue weighted by molar-refractivity contribution is 14.0. The first-order chi connectivity index (χ1) is 12.9. The van der Waals surface area contributed by atoms with Crippen LogP contribution in [0, 0.1) is 0 Å². The van der Waals surface area contributed by atoms with Crippen LogP contribution in [-0.2, 0) is 6.54 Å². The van der Waals surface area contributed by atoms with Crippen molar-refractivity contribution < 1.29 is 17.7 Å². The predicted molar refractivity (Wildman–Crippen MR) is 113 cm³/mol. The van der Waals surface area contributed by atoms with Crippen molar-refractivity contribution >= 4 is 29.9 Å². The molecule has 0 aromatic carbocycles. The Labute approximate surface area is 181 Å². The molecule has 28 heavy (non-hydrogen) atoms. The third-order valence-electron chi connectivity index (χ3n) is 4.29. The highest BCUT2D eigenvalue weighted by Crippen LogP contribution is 2.15. The Balaban J connectivity index is 0.00000392. The molecule has 0 unspecified atom stereocenters. The molecule has 0 bridgehead atoms. The van der Waals surface area contributed by atoms with Gasteiger partial charge in [0.2, 0.25) is 0 Å². The van der Waals surface area contributed by atoms with E-state index in [1.807, 2.05) is 13.0 Å². The van der Waals surface area contributed by atoms with Crippen LogP contribution in [0.25, 0.3) is 0 Å². The molecule has 2 heterocycles. The summed E-state index contributed by atoms with van der Waals surface area (Å²) in [5.74, 6) is 0.831. The molecule has 0 radical (unpaired) electrons. The normalized spacial score (nSPS) is 16.4. The maximum Gasteiger partial charge on any atom is 0.401 e. The zero-order chi connectivity index (χ0) is 19.7. The van der Waals surface area contributed by atoms with Crippen molar-refractivity contribution in [3.63, 3.8) is 0 Å². The van der Waals surface area contributed by atoms with Crippen molar-refractivity contribution in [2.75, 3.05) is 59.4 Å². The summed E-state index contributed by atoms with van der Waals surface area (Å²) in [6, 6.07) is 1.87. The lowest BCUT2D eigenvalue weighted by molar-refractivity contribution is -0.143. The molecule has 11 heteroatoms. The van der Waals surface area contributed by atoms with Crippen molar-refractivity contribution in [1.29, 1.82) is 0 Å². The minimum Gasteiger partial charge on any atom is -0.364 e. The van der Waals surface area contributed by atoms with Gasteiger partial charge in [-0.3, -0.25) is 14.8 Å². The average Bonchev–Trinajstić information content (AvgIpc) is 3.10. The molecule has 0 atom stereocenters. The summed E-state index contributed by atoms with van der Waals surface area (Å²) < 4.78 is 41.9. The fourth-order valence-electron chi connectivity index (χ4n) is 3.00. The molecule has 162 valence electrons. The van der Waals surface area contributed by atoms with E-state index < -0.39 is 12.7 Å². The van der Waals surface area contributed by atoms with E-state index in [0.717, 1.165) is 50.9 Å². The van der Waals surface area contributed by atoms with Crippen LogP contribution < -0.4 is 5.32 Å². The zero-order valence-electron chi connectivity index (χ0n) is 16.4. The van der Waals surface area contributed by atoms with E-state index in [9.17, 15) is 13.2 Å². The van der Waals surface area contributed by atoms with E-state index in [4.69, 9.17) is 4.52 Å². The number of hydrogen-bond donors (Lipinski definition) is 1. The lowest BCUT2D eigenvalue weighted by Gasteiger charge is -2.36. The lowest BCUT2D eigenvalue weighted by atomic mass is 10.3. The minimum absolute atomic E-state index is 0. The maximum absolute atomic E-state index is 12.3. The minimum atomic E-state index is -4.15. The summed E-state index contributed by atoms with van der Waals surface area (Å²) in [6.45, 7) is 7.00. The number of halogens is 4. The predicted octanol–water partition coefficient (Wildman–Crippen LogP) is 2.26. The monoisotopic (exact) mass is 518 g/mol. The summed E-state index contributed by atoms with van der Waals surface area (Å²) in [5, 5.41) is 7.21. The number of alkyl halides is 3. The van der Waals surface area contributed by atoms with Crippen LogP contribution in [0.1, 0.15) is 19.0 Å². The smallest absolute Gasteiger partial charge is 0.364 e. The van der Waals surface area contributed by atoms with Gasteiger partial charge >= 0.3 is 6.18 Å². The highest BCUT2D eigenvalue weighted by Gasteiger charge is 2.28. The van der Waals surface area contributed by atoms with Crippen molar-refractivity contribution in [3.05, 3.63) is 18.0 Å². The van der Waals surface area contributed by atoms with E-state index in [1.165, 1.54) is 11.9 Å². The fraction of sp³-hybridized carbons (Fsp3) is 0.765. The van der Waals surface area contributed by atoms with Gasteiger partial charge in [0.05, 0.1) is 12.2 Å². The van der Waals surface area contributed by atoms with Crippen LogP contribution in [0.15, 0.2) is 21.8 Å². The molecule has 0 aliphatic carbocycles. The summed E-state index contributed by atoms with van der Waals surface area (Å²) in [5.41, 5.74) is 0.923. The Kier molecular flexibility index (Phi) is 11.1. The molecule has 1 fully saturated rings. The van der Waals surface area contributed by atoms with E-state index in [1.54, 1.807) is 6.26 Å². The van der Waals surface area contributed by atoms with Crippen LogP contribution in [0.3, 0.4) is 0 Å². The van der Waals surface area contributed by atoms with Crippen LogP contribution in [-0.4, -0.2) is 91.4 Å². The van der Waals surface area contributed by atoms with Crippen LogP contribution in [0.2, 0.25) is 0 Å². The third-order valence-corrected chi connectivity index (χ3v) is 4.29. The Bertz CT molecular complexity index is 562. The second kappa shape index (κ2) is 12.5. The lowest BCUT2D eigenvalue weighted by Crippen LogP contribution is -2.52. The first-order valence-corrected chi connectivity index (χ1v) is 9.27. The molecular formula is C17H30F3IN6O. The summed E-state index contributed by atoms with van der Waals surface area (Å²) in [4.78, 5) is 10.4. The number of guanidine groups is 1. The van der Waals surface area contributed by atoms with Gasteiger partial charge in [-0.1, -0.05) is 5.16 Å². The molecule has 1 aliphatic heterocycles. The molecule has 7 nitrogen and oxygen atoms in total. The summed E-state index contributed by atoms with van der Waals surface area (Å²) >= 11 is 0. The Hall–Kier alpha value is -1.08. The number of nitrogens with zero attached hydrogens (tertiary/aromatic N) is 5. The maximum atomic E-state index is 12.3. The van der Waals surface area contributed by atoms with E-state index >= 15 is 0 Å². The third kappa shape index (κ3) is 9.41. The van der Waals surface area contributed by atoms with Gasteiger partial charge in [0.25, 0.3) is 0 Å². The van der Waals surface area contributed by atoms with Gasteiger partial charge in [0, 0.05) is 51.9 Å². The molecule has 1 aromatic heterocycles. The van der Waals surface area contributed by atoms with Gasteiger partial charge < -0.3 is 14.7 Å². The Morgan fingerprint density at radius 1 is 1.32 bits per heavy atom. The van der Waals surface area contributed by atoms with Gasteiger partial charge in [0.1, 0.15) is 6.26 Å². The first-order valence-electron chi connectivity index (χ1n) is 9.27. The van der Waals surface area contributed by atoms with Crippen molar-refractivity contribution in [2.24, 2.45) is 4.99 Å². The quantitative estimate of drug-likeness (QED) is 0.247. The molecular weight excluding hydrogens is 488 g/mol. The number of hydrogen-bond acceptors (Lipinski definition) is 5. The molecule has 1 saturated heterocycles. The highest BCUT2D eigenvalue weighted by atomic mass is 127. The molecule has 1 N–H and O–H groups in total. The molecule has 0 amide bonds. The first kappa shape index (κ1) is 25.0. The summed E-state index contributed by atoms with van der Waals surface area (Å²) in [7, 11) is 1.48. The number of piperazine rings is 1. The molecule has 1 aliphatic rings. The average molecular weight is 518 g/mol. The Morgan fingerprint density at radius 2 is 2.04 bits per heavy atom. The van der Waals surface area contributed by atoms with Gasteiger partial charge in [-0.25, -0.2) is 0 Å². The largest absolute Gasteiger partial charge is 0.401 e. The number of rotatable bonds is 8. The van der Waals surface area contributed by atoms with E-state index in [0.29, 0.717) is 19.5 Å². The number of aliphatic imine (C=N–C) groups is 1. The van der Waals surface area contributed by atoms with Gasteiger partial charge in [0.15, 0.2) is 5.96 Å². The SMILES string of the molecule is CCNC(=NCCCN(C)CC(F)(F)F)N1CCN(Cc2ccon2)CC1.I. The van der Waals surface area contributed by atoms with Crippen LogP contribution >= 0.6 is 24.0 Å². The van der Waals surface area contributed by atoms with Crippen LogP contribution in [0.5, 0.6) is 0 Å². The van der Waals surface area contributed by atoms with E-state index in [2.05, 4.69) is 25.3 Å². The fourth-order valence-corrected chi connectivity index (χ4v) is 3.00. The van der Waals surface area contributed by atoms with Crippen molar-refractivity contribution in [2.45, 2.75) is 26.1 Å². The standard InChI is InChI=1S/C17H29F3N6O.HI/c1-3-21-16(22-6-4-7-24(2)14-17(18,19)20)26-10-8-25(9-11-26)13-15-5-12-27-23-15;/h5,12H,3-4,6-11,13-14H2,1-2H3,(H,21,22);1H.